The van der Waals surface area contributed by atoms with Gasteiger partial charge in [-0.25, -0.2) is 0 Å². The third-order valence-electron chi connectivity index (χ3n) is 4.69. The summed E-state index contributed by atoms with van der Waals surface area (Å²) < 4.78 is 7.87. The summed E-state index contributed by atoms with van der Waals surface area (Å²) in [4.78, 5) is 2.66. The monoisotopic (exact) mass is 263 g/mol. The van der Waals surface area contributed by atoms with Crippen molar-refractivity contribution in [2.24, 2.45) is 7.05 Å². The Balaban J connectivity index is 1.73. The molecule has 4 heteroatoms. The van der Waals surface area contributed by atoms with Crippen molar-refractivity contribution in [2.45, 2.75) is 50.7 Å². The van der Waals surface area contributed by atoms with Crippen LogP contribution in [-0.4, -0.2) is 46.0 Å². The molecule has 2 fully saturated rings. The van der Waals surface area contributed by atoms with Crippen LogP contribution in [0.1, 0.15) is 44.6 Å². The number of aryl methyl sites for hydroxylation is 1. The standard InChI is InChI=1S/C15H25N3O/c1-12(2)19-11-15-5-4-6-18(15)10-13(7-15)14-8-16-17(3)9-14/h8-9,12-13H,4-7,10-11H2,1-3H3/t13-,15-/m1/s1. The van der Waals surface area contributed by atoms with Gasteiger partial charge in [0, 0.05) is 31.2 Å². The summed E-state index contributed by atoms with van der Waals surface area (Å²) in [7, 11) is 2.00. The van der Waals surface area contributed by atoms with Crippen molar-refractivity contribution in [3.63, 3.8) is 0 Å². The highest BCUT2D eigenvalue weighted by Gasteiger charge is 2.49. The number of hydrogen-bond acceptors (Lipinski definition) is 3. The molecule has 0 bridgehead atoms. The molecule has 3 heterocycles. The number of ether oxygens (including phenoxy) is 1. The lowest BCUT2D eigenvalue weighted by Gasteiger charge is -2.32. The summed E-state index contributed by atoms with van der Waals surface area (Å²) in [6, 6.07) is 0. The summed E-state index contributed by atoms with van der Waals surface area (Å²) in [6.07, 6.45) is 8.37. The van der Waals surface area contributed by atoms with E-state index in [0.717, 1.165) is 6.61 Å². The molecule has 0 unspecified atom stereocenters. The first-order valence-corrected chi connectivity index (χ1v) is 7.44. The zero-order valence-electron chi connectivity index (χ0n) is 12.3. The molecule has 3 rings (SSSR count). The van der Waals surface area contributed by atoms with Crippen molar-refractivity contribution < 1.29 is 4.74 Å². The summed E-state index contributed by atoms with van der Waals surface area (Å²) >= 11 is 0. The number of hydrogen-bond donors (Lipinski definition) is 0. The van der Waals surface area contributed by atoms with Crippen molar-refractivity contribution in [2.75, 3.05) is 19.7 Å². The molecule has 0 N–H and O–H groups in total. The molecule has 106 valence electrons. The maximum atomic E-state index is 5.96. The van der Waals surface area contributed by atoms with E-state index >= 15 is 0 Å². The lowest BCUT2D eigenvalue weighted by Crippen LogP contribution is -2.43. The second-order valence-corrected chi connectivity index (χ2v) is 6.48. The highest BCUT2D eigenvalue weighted by molar-refractivity contribution is 5.19. The molecule has 4 nitrogen and oxygen atoms in total. The summed E-state index contributed by atoms with van der Waals surface area (Å²) in [5, 5.41) is 4.32. The second kappa shape index (κ2) is 4.91. The number of aromatic nitrogens is 2. The molecule has 0 aromatic carbocycles. The first-order chi connectivity index (χ1) is 9.09. The second-order valence-electron chi connectivity index (χ2n) is 6.48. The van der Waals surface area contributed by atoms with Gasteiger partial charge in [-0.05, 0) is 45.2 Å². The first-order valence-electron chi connectivity index (χ1n) is 7.44. The van der Waals surface area contributed by atoms with E-state index < -0.39 is 0 Å². The van der Waals surface area contributed by atoms with Gasteiger partial charge < -0.3 is 4.74 Å². The quantitative estimate of drug-likeness (QED) is 0.834. The van der Waals surface area contributed by atoms with Gasteiger partial charge in [0.25, 0.3) is 0 Å². The van der Waals surface area contributed by atoms with Gasteiger partial charge in [0.1, 0.15) is 0 Å². The van der Waals surface area contributed by atoms with Gasteiger partial charge >= 0.3 is 0 Å². The van der Waals surface area contributed by atoms with Crippen molar-refractivity contribution in [3.8, 4) is 0 Å². The number of fused-ring (bicyclic) bond motifs is 1. The van der Waals surface area contributed by atoms with Crippen molar-refractivity contribution in [1.29, 1.82) is 0 Å². The number of nitrogens with zero attached hydrogens (tertiary/aromatic N) is 3. The minimum Gasteiger partial charge on any atom is -0.377 e. The van der Waals surface area contributed by atoms with Crippen LogP contribution >= 0.6 is 0 Å². The van der Waals surface area contributed by atoms with Crippen molar-refractivity contribution in [3.05, 3.63) is 18.0 Å². The first kappa shape index (κ1) is 13.1. The van der Waals surface area contributed by atoms with Gasteiger partial charge in [-0.15, -0.1) is 0 Å². The van der Waals surface area contributed by atoms with Crippen molar-refractivity contribution in [1.82, 2.24) is 14.7 Å². The van der Waals surface area contributed by atoms with Crippen LogP contribution in [0.5, 0.6) is 0 Å². The molecule has 0 radical (unpaired) electrons. The molecule has 2 saturated heterocycles. The zero-order valence-corrected chi connectivity index (χ0v) is 12.3. The molecule has 0 spiro atoms. The molecule has 0 amide bonds. The molecule has 2 aliphatic heterocycles. The average molecular weight is 263 g/mol. The van der Waals surface area contributed by atoms with Gasteiger partial charge in [-0.3, -0.25) is 9.58 Å². The van der Waals surface area contributed by atoms with Crippen LogP contribution in [-0.2, 0) is 11.8 Å². The maximum absolute atomic E-state index is 5.96. The van der Waals surface area contributed by atoms with Crippen LogP contribution in [0.2, 0.25) is 0 Å². The van der Waals surface area contributed by atoms with E-state index in [1.54, 1.807) is 0 Å². The Hall–Kier alpha value is -0.870. The van der Waals surface area contributed by atoms with Gasteiger partial charge in [0.15, 0.2) is 0 Å². The molecule has 0 aliphatic carbocycles. The maximum Gasteiger partial charge on any atom is 0.0654 e. The van der Waals surface area contributed by atoms with Gasteiger partial charge in [0.05, 0.1) is 18.9 Å². The van der Waals surface area contributed by atoms with E-state index in [1.165, 1.54) is 37.9 Å². The lowest BCUT2D eigenvalue weighted by atomic mass is 9.88. The fourth-order valence-corrected chi connectivity index (χ4v) is 3.72. The van der Waals surface area contributed by atoms with Gasteiger partial charge in [0.2, 0.25) is 0 Å². The predicted molar refractivity (Wildman–Crippen MR) is 75.2 cm³/mol. The van der Waals surface area contributed by atoms with Gasteiger partial charge in [-0.2, -0.15) is 5.10 Å². The third kappa shape index (κ3) is 2.43. The third-order valence-corrected chi connectivity index (χ3v) is 4.69. The van der Waals surface area contributed by atoms with Crippen LogP contribution < -0.4 is 0 Å². The smallest absolute Gasteiger partial charge is 0.0654 e. The highest BCUT2D eigenvalue weighted by Crippen LogP contribution is 2.45. The van der Waals surface area contributed by atoms with Gasteiger partial charge in [-0.1, -0.05) is 0 Å². The number of rotatable bonds is 4. The van der Waals surface area contributed by atoms with Crippen LogP contribution in [0.15, 0.2) is 12.4 Å². The molecule has 2 aliphatic rings. The molecule has 1 aromatic heterocycles. The minimum absolute atomic E-state index is 0.296. The van der Waals surface area contributed by atoms with Crippen molar-refractivity contribution >= 4 is 0 Å². The predicted octanol–water partition coefficient (Wildman–Crippen LogP) is 2.17. The fraction of sp³-hybridized carbons (Fsp3) is 0.800. The molecule has 19 heavy (non-hydrogen) atoms. The van der Waals surface area contributed by atoms with E-state index in [9.17, 15) is 0 Å². The highest BCUT2D eigenvalue weighted by atomic mass is 16.5. The van der Waals surface area contributed by atoms with Crippen LogP contribution in [0.4, 0.5) is 0 Å². The minimum atomic E-state index is 0.296. The molecular formula is C15H25N3O. The Morgan fingerprint density at radius 3 is 3.05 bits per heavy atom. The Morgan fingerprint density at radius 2 is 2.37 bits per heavy atom. The average Bonchev–Trinajstić information content (AvgIpc) is 2.99. The van der Waals surface area contributed by atoms with Crippen LogP contribution in [0, 0.1) is 0 Å². The SMILES string of the molecule is CC(C)OC[C@]12CCCN1C[C@H](c1cnn(C)c1)C2. The zero-order chi connectivity index (χ0) is 13.5. The Morgan fingerprint density at radius 1 is 1.53 bits per heavy atom. The Bertz CT molecular complexity index is 442. The normalized spacial score (nSPS) is 31.3. The summed E-state index contributed by atoms with van der Waals surface area (Å²) in [6.45, 7) is 7.56. The van der Waals surface area contributed by atoms with E-state index in [4.69, 9.17) is 4.74 Å². The Labute approximate surface area is 115 Å². The summed E-state index contributed by atoms with van der Waals surface area (Å²) in [5.41, 5.74) is 1.69. The fourth-order valence-electron chi connectivity index (χ4n) is 3.72. The molecule has 2 atom stereocenters. The van der Waals surface area contributed by atoms with E-state index in [-0.39, 0.29) is 0 Å². The van der Waals surface area contributed by atoms with E-state index in [0.29, 0.717) is 17.6 Å². The van der Waals surface area contributed by atoms with Crippen LogP contribution in [0.25, 0.3) is 0 Å². The molecule has 1 aromatic rings. The largest absolute Gasteiger partial charge is 0.377 e. The van der Waals surface area contributed by atoms with E-state index in [1.807, 2.05) is 17.9 Å². The summed E-state index contributed by atoms with van der Waals surface area (Å²) in [5.74, 6) is 0.629. The van der Waals surface area contributed by atoms with E-state index in [2.05, 4.69) is 30.0 Å². The van der Waals surface area contributed by atoms with Crippen LogP contribution in [0.3, 0.4) is 0 Å². The Kier molecular flexibility index (Phi) is 3.39. The molecule has 0 saturated carbocycles. The topological polar surface area (TPSA) is 30.3 Å². The lowest BCUT2D eigenvalue weighted by molar-refractivity contribution is 0.00303. The molecular weight excluding hydrogens is 238 g/mol.